The van der Waals surface area contributed by atoms with Crippen LogP contribution in [0.1, 0.15) is 33.6 Å². The van der Waals surface area contributed by atoms with Gasteiger partial charge in [0.15, 0.2) is 0 Å². The van der Waals surface area contributed by atoms with Gasteiger partial charge in [0.05, 0.1) is 0 Å². The molecule has 0 aromatic heterocycles. The van der Waals surface area contributed by atoms with E-state index < -0.39 is 0 Å². The van der Waals surface area contributed by atoms with Crippen LogP contribution >= 0.6 is 0 Å². The summed E-state index contributed by atoms with van der Waals surface area (Å²) in [5.41, 5.74) is 0. The highest BCUT2D eigenvalue weighted by Gasteiger charge is 2.11. The van der Waals surface area contributed by atoms with Gasteiger partial charge in [0, 0.05) is 32.7 Å². The van der Waals surface area contributed by atoms with E-state index in [9.17, 15) is 0 Å². The van der Waals surface area contributed by atoms with E-state index in [0.29, 0.717) is 0 Å². The third-order valence-corrected chi connectivity index (χ3v) is 3.88. The van der Waals surface area contributed by atoms with E-state index in [4.69, 9.17) is 0 Å². The first-order valence-corrected chi connectivity index (χ1v) is 7.41. The van der Waals surface area contributed by atoms with Crippen molar-refractivity contribution in [3.63, 3.8) is 0 Å². The summed E-state index contributed by atoms with van der Waals surface area (Å²) in [5.74, 6) is 0.834. The Morgan fingerprint density at radius 1 is 1.24 bits per heavy atom. The second kappa shape index (κ2) is 8.90. The Kier molecular flexibility index (Phi) is 7.82. The van der Waals surface area contributed by atoms with Crippen molar-refractivity contribution in [2.45, 2.75) is 33.6 Å². The standard InChI is InChI=1S/C14H31N3/c1-4-14(3)13-16(5-2)11-12-17-9-6-7-15-8-10-17/h14-15H,4-13H2,1-3H3. The molecule has 1 saturated heterocycles. The van der Waals surface area contributed by atoms with Gasteiger partial charge in [-0.1, -0.05) is 27.2 Å². The molecule has 0 radical (unpaired) electrons. The average molecular weight is 241 g/mol. The predicted molar refractivity (Wildman–Crippen MR) is 75.5 cm³/mol. The maximum absolute atomic E-state index is 3.46. The number of nitrogens with one attached hydrogen (secondary N) is 1. The van der Waals surface area contributed by atoms with Crippen molar-refractivity contribution in [2.24, 2.45) is 5.92 Å². The van der Waals surface area contributed by atoms with E-state index in [0.717, 1.165) is 12.5 Å². The Hall–Kier alpha value is -0.120. The SMILES string of the molecule is CCC(C)CN(CC)CCN1CCCNCC1. The minimum Gasteiger partial charge on any atom is -0.315 e. The van der Waals surface area contributed by atoms with E-state index in [-0.39, 0.29) is 0 Å². The lowest BCUT2D eigenvalue weighted by atomic mass is 10.1. The van der Waals surface area contributed by atoms with Crippen molar-refractivity contribution in [3.05, 3.63) is 0 Å². The lowest BCUT2D eigenvalue weighted by Gasteiger charge is -2.27. The second-order valence-corrected chi connectivity index (χ2v) is 5.35. The number of rotatable bonds is 7. The summed E-state index contributed by atoms with van der Waals surface area (Å²) >= 11 is 0. The molecule has 3 nitrogen and oxygen atoms in total. The van der Waals surface area contributed by atoms with Crippen LogP contribution in [0.3, 0.4) is 0 Å². The Morgan fingerprint density at radius 2 is 2.06 bits per heavy atom. The molecule has 0 aromatic rings. The Bertz CT molecular complexity index is 176. The van der Waals surface area contributed by atoms with Crippen LogP contribution < -0.4 is 5.32 Å². The fourth-order valence-electron chi connectivity index (χ4n) is 2.36. The Labute approximate surface area is 108 Å². The second-order valence-electron chi connectivity index (χ2n) is 5.35. The lowest BCUT2D eigenvalue weighted by Crippen LogP contribution is -2.38. The maximum atomic E-state index is 3.46. The van der Waals surface area contributed by atoms with Crippen molar-refractivity contribution in [2.75, 3.05) is 52.4 Å². The molecule has 1 fully saturated rings. The van der Waals surface area contributed by atoms with E-state index in [1.54, 1.807) is 0 Å². The van der Waals surface area contributed by atoms with Gasteiger partial charge in [-0.15, -0.1) is 0 Å². The van der Waals surface area contributed by atoms with Crippen LogP contribution in [-0.2, 0) is 0 Å². The van der Waals surface area contributed by atoms with Crippen LogP contribution in [0.2, 0.25) is 0 Å². The van der Waals surface area contributed by atoms with Gasteiger partial charge in [0.25, 0.3) is 0 Å². The van der Waals surface area contributed by atoms with Crippen LogP contribution in [0.25, 0.3) is 0 Å². The molecule has 0 saturated carbocycles. The van der Waals surface area contributed by atoms with Crippen LogP contribution in [-0.4, -0.2) is 62.2 Å². The monoisotopic (exact) mass is 241 g/mol. The summed E-state index contributed by atoms with van der Waals surface area (Å²) in [6.07, 6.45) is 2.60. The molecule has 1 aliphatic heterocycles. The van der Waals surface area contributed by atoms with E-state index in [1.807, 2.05) is 0 Å². The molecule has 0 spiro atoms. The van der Waals surface area contributed by atoms with Crippen LogP contribution in [0.4, 0.5) is 0 Å². The van der Waals surface area contributed by atoms with E-state index in [2.05, 4.69) is 35.9 Å². The summed E-state index contributed by atoms with van der Waals surface area (Å²) in [6.45, 7) is 16.7. The zero-order valence-electron chi connectivity index (χ0n) is 12.0. The van der Waals surface area contributed by atoms with Crippen LogP contribution in [0, 0.1) is 5.92 Å². The first-order valence-electron chi connectivity index (χ1n) is 7.41. The van der Waals surface area contributed by atoms with E-state index >= 15 is 0 Å². The van der Waals surface area contributed by atoms with Crippen LogP contribution in [0.15, 0.2) is 0 Å². The zero-order valence-corrected chi connectivity index (χ0v) is 12.0. The van der Waals surface area contributed by atoms with Gasteiger partial charge < -0.3 is 15.1 Å². The molecular weight excluding hydrogens is 210 g/mol. The molecule has 1 rings (SSSR count). The molecule has 1 aliphatic rings. The van der Waals surface area contributed by atoms with Crippen molar-refractivity contribution < 1.29 is 0 Å². The number of hydrogen-bond acceptors (Lipinski definition) is 3. The van der Waals surface area contributed by atoms with Crippen LogP contribution in [0.5, 0.6) is 0 Å². The molecule has 0 amide bonds. The van der Waals surface area contributed by atoms with Crippen molar-refractivity contribution >= 4 is 0 Å². The van der Waals surface area contributed by atoms with Gasteiger partial charge in [-0.2, -0.15) is 0 Å². The predicted octanol–water partition coefficient (Wildman–Crippen LogP) is 1.65. The molecule has 1 N–H and O–H groups in total. The van der Waals surface area contributed by atoms with Gasteiger partial charge >= 0.3 is 0 Å². The maximum Gasteiger partial charge on any atom is 0.0110 e. The first kappa shape index (κ1) is 14.9. The lowest BCUT2D eigenvalue weighted by molar-refractivity contribution is 0.197. The number of hydrogen-bond donors (Lipinski definition) is 1. The third kappa shape index (κ3) is 6.39. The topological polar surface area (TPSA) is 18.5 Å². The third-order valence-electron chi connectivity index (χ3n) is 3.88. The van der Waals surface area contributed by atoms with Gasteiger partial charge in [-0.3, -0.25) is 0 Å². The summed E-state index contributed by atoms with van der Waals surface area (Å²) < 4.78 is 0. The minimum atomic E-state index is 0.834. The fraction of sp³-hybridized carbons (Fsp3) is 1.00. The molecule has 1 heterocycles. The van der Waals surface area contributed by atoms with E-state index in [1.165, 1.54) is 58.7 Å². The molecule has 0 bridgehead atoms. The molecule has 0 aromatic carbocycles. The summed E-state index contributed by atoms with van der Waals surface area (Å²) in [7, 11) is 0. The Morgan fingerprint density at radius 3 is 2.76 bits per heavy atom. The molecular formula is C14H31N3. The normalized spacial score (nSPS) is 20.5. The Balaban J connectivity index is 2.21. The molecule has 0 aliphatic carbocycles. The molecule has 17 heavy (non-hydrogen) atoms. The highest BCUT2D eigenvalue weighted by atomic mass is 15.2. The van der Waals surface area contributed by atoms with Gasteiger partial charge in [0.2, 0.25) is 0 Å². The van der Waals surface area contributed by atoms with Gasteiger partial charge in [-0.25, -0.2) is 0 Å². The number of nitrogens with zero attached hydrogens (tertiary/aromatic N) is 2. The molecule has 3 heteroatoms. The zero-order chi connectivity index (χ0) is 12.5. The van der Waals surface area contributed by atoms with Crippen molar-refractivity contribution in [1.82, 2.24) is 15.1 Å². The quantitative estimate of drug-likeness (QED) is 0.731. The molecule has 102 valence electrons. The summed E-state index contributed by atoms with van der Waals surface area (Å²) in [4.78, 5) is 5.21. The molecule has 1 unspecified atom stereocenters. The molecule has 1 atom stereocenters. The largest absolute Gasteiger partial charge is 0.315 e. The fourth-order valence-corrected chi connectivity index (χ4v) is 2.36. The first-order chi connectivity index (χ1) is 8.26. The summed E-state index contributed by atoms with van der Waals surface area (Å²) in [6, 6.07) is 0. The smallest absolute Gasteiger partial charge is 0.0110 e. The average Bonchev–Trinajstić information content (AvgIpc) is 2.62. The van der Waals surface area contributed by atoms with Gasteiger partial charge in [0.1, 0.15) is 0 Å². The van der Waals surface area contributed by atoms with Crippen molar-refractivity contribution in [3.8, 4) is 0 Å². The highest BCUT2D eigenvalue weighted by Crippen LogP contribution is 2.04. The van der Waals surface area contributed by atoms with Gasteiger partial charge in [-0.05, 0) is 32.0 Å². The number of likely N-dealkylation sites (N-methyl/N-ethyl adjacent to an activating group) is 1. The minimum absolute atomic E-state index is 0.834. The highest BCUT2D eigenvalue weighted by molar-refractivity contribution is 4.68. The van der Waals surface area contributed by atoms with Crippen molar-refractivity contribution in [1.29, 1.82) is 0 Å². The summed E-state index contributed by atoms with van der Waals surface area (Å²) in [5, 5.41) is 3.46.